The zero-order valence-electron chi connectivity index (χ0n) is 13.1. The van der Waals surface area contributed by atoms with E-state index < -0.39 is 5.82 Å². The summed E-state index contributed by atoms with van der Waals surface area (Å²) in [6.45, 7) is 1.82. The van der Waals surface area contributed by atoms with Crippen LogP contribution in [-0.4, -0.2) is 34.8 Å². The molecule has 0 amide bonds. The van der Waals surface area contributed by atoms with Gasteiger partial charge in [0.1, 0.15) is 18.0 Å². The van der Waals surface area contributed by atoms with Crippen molar-refractivity contribution in [2.24, 2.45) is 0 Å². The molecule has 2 heterocycles. The predicted molar refractivity (Wildman–Crippen MR) is 92.7 cm³/mol. The van der Waals surface area contributed by atoms with Crippen LogP contribution < -0.4 is 22.1 Å². The van der Waals surface area contributed by atoms with Gasteiger partial charge in [0.15, 0.2) is 5.82 Å². The van der Waals surface area contributed by atoms with Crippen LogP contribution in [0.2, 0.25) is 0 Å². The number of nitrogens with one attached hydrogen (secondary N) is 3. The Morgan fingerprint density at radius 2 is 2.00 bits per heavy atom. The van der Waals surface area contributed by atoms with Crippen LogP contribution in [0.15, 0.2) is 24.5 Å². The summed E-state index contributed by atoms with van der Waals surface area (Å²) >= 11 is 0. The number of aromatic nitrogens is 2. The van der Waals surface area contributed by atoms with Crippen LogP contribution in [0.25, 0.3) is 0 Å². The van der Waals surface area contributed by atoms with E-state index in [0.29, 0.717) is 11.4 Å². The van der Waals surface area contributed by atoms with Crippen molar-refractivity contribution >= 4 is 23.0 Å². The maximum atomic E-state index is 14.3. The number of rotatable bonds is 4. The third-order valence-electron chi connectivity index (χ3n) is 4.10. The lowest BCUT2D eigenvalue weighted by Crippen LogP contribution is -2.36. The number of hydrogen-bond acceptors (Lipinski definition) is 7. The molecule has 1 aliphatic rings. The van der Waals surface area contributed by atoms with Gasteiger partial charge in [-0.05, 0) is 38.1 Å². The molecule has 0 unspecified atom stereocenters. The molecule has 24 heavy (non-hydrogen) atoms. The van der Waals surface area contributed by atoms with Crippen LogP contribution in [0.1, 0.15) is 24.0 Å². The van der Waals surface area contributed by atoms with Gasteiger partial charge < -0.3 is 22.1 Å². The zero-order valence-corrected chi connectivity index (χ0v) is 13.1. The normalized spacial score (nSPS) is 15.2. The Morgan fingerprint density at radius 3 is 2.75 bits per heavy atom. The first kappa shape index (κ1) is 16.1. The zero-order chi connectivity index (χ0) is 17.1. The van der Waals surface area contributed by atoms with E-state index in [-0.39, 0.29) is 28.8 Å². The van der Waals surface area contributed by atoms with Gasteiger partial charge in [0, 0.05) is 11.6 Å². The molecule has 0 bridgehead atoms. The Bertz CT molecular complexity index is 756. The molecule has 1 aliphatic heterocycles. The van der Waals surface area contributed by atoms with Gasteiger partial charge in [0.25, 0.3) is 0 Å². The van der Waals surface area contributed by atoms with Crippen LogP contribution in [0.5, 0.6) is 0 Å². The van der Waals surface area contributed by atoms with Crippen molar-refractivity contribution in [1.29, 1.82) is 5.41 Å². The molecule has 1 aromatic carbocycles. The third-order valence-corrected chi connectivity index (χ3v) is 4.10. The Hall–Kier alpha value is -2.74. The van der Waals surface area contributed by atoms with Crippen molar-refractivity contribution < 1.29 is 4.39 Å². The number of nitrogens with zero attached hydrogens (tertiary/aromatic N) is 2. The molecular formula is C16H20FN7. The number of hydrogen-bond donors (Lipinski definition) is 5. The summed E-state index contributed by atoms with van der Waals surface area (Å²) in [5, 5.41) is 15.0. The molecule has 0 aliphatic carbocycles. The van der Waals surface area contributed by atoms with Gasteiger partial charge in [-0.1, -0.05) is 6.07 Å². The van der Waals surface area contributed by atoms with Gasteiger partial charge in [0.05, 0.1) is 17.0 Å². The smallest absolute Gasteiger partial charge is 0.155 e. The fourth-order valence-corrected chi connectivity index (χ4v) is 2.79. The molecule has 3 rings (SSSR count). The molecule has 1 saturated heterocycles. The molecule has 1 aromatic heterocycles. The number of halogens is 1. The summed E-state index contributed by atoms with van der Waals surface area (Å²) in [6.07, 6.45) is 3.21. The second kappa shape index (κ2) is 6.79. The maximum absolute atomic E-state index is 14.3. The average molecular weight is 329 g/mol. The quantitative estimate of drug-likeness (QED) is 0.426. The fourth-order valence-electron chi connectivity index (χ4n) is 2.79. The number of anilines is 3. The van der Waals surface area contributed by atoms with Crippen molar-refractivity contribution in [3.8, 4) is 0 Å². The van der Waals surface area contributed by atoms with Crippen LogP contribution in [0.4, 0.5) is 21.7 Å². The number of nitrogen functional groups attached to an aromatic ring is 2. The Morgan fingerprint density at radius 1 is 1.25 bits per heavy atom. The lowest BCUT2D eigenvalue weighted by molar-refractivity contribution is 0.478. The highest BCUT2D eigenvalue weighted by atomic mass is 19.1. The predicted octanol–water partition coefficient (Wildman–Crippen LogP) is 1.36. The van der Waals surface area contributed by atoms with Crippen LogP contribution in [0, 0.1) is 11.2 Å². The molecule has 1 fully saturated rings. The van der Waals surface area contributed by atoms with Crippen LogP contribution in [0.3, 0.4) is 0 Å². The van der Waals surface area contributed by atoms with Crippen molar-refractivity contribution in [2.45, 2.75) is 18.9 Å². The average Bonchev–Trinajstić information content (AvgIpc) is 2.58. The highest BCUT2D eigenvalue weighted by Gasteiger charge is 2.22. The molecule has 7 N–H and O–H groups in total. The van der Waals surface area contributed by atoms with Crippen LogP contribution in [-0.2, 0) is 0 Å². The first-order chi connectivity index (χ1) is 11.6. The lowest BCUT2D eigenvalue weighted by Gasteiger charge is -2.25. The van der Waals surface area contributed by atoms with Crippen LogP contribution >= 0.6 is 0 Å². The fraction of sp³-hybridized carbons (Fsp3) is 0.312. The van der Waals surface area contributed by atoms with E-state index in [2.05, 4.69) is 20.6 Å². The summed E-state index contributed by atoms with van der Waals surface area (Å²) in [6, 6.07) is 4.76. The Labute approximate surface area is 139 Å². The summed E-state index contributed by atoms with van der Waals surface area (Å²) < 4.78 is 14.3. The maximum Gasteiger partial charge on any atom is 0.155 e. The topological polar surface area (TPSA) is 126 Å². The van der Waals surface area contributed by atoms with E-state index in [1.165, 1.54) is 18.5 Å². The monoisotopic (exact) mass is 329 g/mol. The molecule has 8 heteroatoms. The number of benzene rings is 1. The van der Waals surface area contributed by atoms with E-state index in [4.69, 9.17) is 16.9 Å². The first-order valence-electron chi connectivity index (χ1n) is 7.79. The first-order valence-corrected chi connectivity index (χ1v) is 7.79. The van der Waals surface area contributed by atoms with Gasteiger partial charge in [-0.25, -0.2) is 14.4 Å². The van der Waals surface area contributed by atoms with E-state index in [1.807, 2.05) is 0 Å². The minimum atomic E-state index is -0.640. The van der Waals surface area contributed by atoms with E-state index >= 15 is 0 Å². The Kier molecular flexibility index (Phi) is 4.57. The summed E-state index contributed by atoms with van der Waals surface area (Å²) in [5.74, 6) is -0.0620. The van der Waals surface area contributed by atoms with Crippen molar-refractivity contribution in [3.05, 3.63) is 41.5 Å². The number of nitrogens with two attached hydrogens (primary N) is 2. The largest absolute Gasteiger partial charge is 0.396 e. The second-order valence-electron chi connectivity index (χ2n) is 5.73. The van der Waals surface area contributed by atoms with Gasteiger partial charge in [-0.2, -0.15) is 0 Å². The van der Waals surface area contributed by atoms with Gasteiger partial charge in [-0.3, -0.25) is 5.41 Å². The van der Waals surface area contributed by atoms with Gasteiger partial charge in [-0.15, -0.1) is 0 Å². The van der Waals surface area contributed by atoms with E-state index in [9.17, 15) is 4.39 Å². The van der Waals surface area contributed by atoms with Crippen molar-refractivity contribution in [3.63, 3.8) is 0 Å². The van der Waals surface area contributed by atoms with E-state index in [1.54, 1.807) is 6.07 Å². The molecule has 0 saturated carbocycles. The molecule has 0 atom stereocenters. The molecule has 7 nitrogen and oxygen atoms in total. The van der Waals surface area contributed by atoms with Gasteiger partial charge >= 0.3 is 0 Å². The minimum absolute atomic E-state index is 0.0134. The highest BCUT2D eigenvalue weighted by molar-refractivity contribution is 6.16. The molecule has 126 valence electrons. The Balaban J connectivity index is 1.97. The van der Waals surface area contributed by atoms with Gasteiger partial charge in [0.2, 0.25) is 0 Å². The van der Waals surface area contributed by atoms with Crippen molar-refractivity contribution in [2.75, 3.05) is 29.9 Å². The summed E-state index contributed by atoms with van der Waals surface area (Å²) in [7, 11) is 0. The standard InChI is InChI=1S/C16H20FN7/c17-13-10(2-1-3-11(13)18)14(19)12-15(20)22-8-23-16(12)24-9-4-6-21-7-5-9/h1-3,8-9,19,21H,4-7,18H2,(H3,20,22,23,24). The molecule has 0 spiro atoms. The molecule has 2 aromatic rings. The SMILES string of the molecule is N=C(c1cccc(N)c1F)c1c(N)ncnc1NC1CCNCC1. The van der Waals surface area contributed by atoms with E-state index in [0.717, 1.165) is 25.9 Å². The summed E-state index contributed by atoms with van der Waals surface area (Å²) in [4.78, 5) is 8.17. The highest BCUT2D eigenvalue weighted by Crippen LogP contribution is 2.26. The summed E-state index contributed by atoms with van der Waals surface area (Å²) in [5.41, 5.74) is 11.8. The minimum Gasteiger partial charge on any atom is -0.396 e. The lowest BCUT2D eigenvalue weighted by atomic mass is 10.0. The second-order valence-corrected chi connectivity index (χ2v) is 5.73. The molecular weight excluding hydrogens is 309 g/mol. The third kappa shape index (κ3) is 3.13. The molecule has 0 radical (unpaired) electrons. The number of piperidine rings is 1. The van der Waals surface area contributed by atoms with Crippen molar-refractivity contribution in [1.82, 2.24) is 15.3 Å².